The van der Waals surface area contributed by atoms with E-state index in [0.717, 1.165) is 17.2 Å². The van der Waals surface area contributed by atoms with Crippen molar-refractivity contribution in [3.8, 4) is 0 Å². The van der Waals surface area contributed by atoms with Gasteiger partial charge in [0.15, 0.2) is 11.8 Å². The van der Waals surface area contributed by atoms with Gasteiger partial charge in [-0.15, -0.1) is 34.2 Å². The summed E-state index contributed by atoms with van der Waals surface area (Å²) in [4.78, 5) is 4.63. The molecule has 3 N–H and O–H groups in total. The van der Waals surface area contributed by atoms with E-state index in [-0.39, 0.29) is 30.5 Å². The molecule has 1 unspecified atom stereocenters. The largest absolute Gasteiger partial charge is 0.466 e. The standard InChI is InChI=1S/C20H26N6O2.HI/c1-15-24-25-18(26(15)3)13-22-19(21-12-16-8-5-4-6-9-16)23-14-20(2,27)17-10-7-11-28-17;/h4-11,27H,12-14H2,1-3H3,(H2,21,22,23);1H. The molecule has 1 atom stereocenters. The van der Waals surface area contributed by atoms with Gasteiger partial charge >= 0.3 is 0 Å². The summed E-state index contributed by atoms with van der Waals surface area (Å²) >= 11 is 0. The van der Waals surface area contributed by atoms with Crippen molar-refractivity contribution >= 4 is 29.9 Å². The van der Waals surface area contributed by atoms with Gasteiger partial charge in [-0.3, -0.25) is 0 Å². The minimum Gasteiger partial charge on any atom is -0.466 e. The predicted molar refractivity (Wildman–Crippen MR) is 122 cm³/mol. The molecule has 2 heterocycles. The molecule has 0 amide bonds. The molecule has 3 aromatic rings. The predicted octanol–water partition coefficient (Wildman–Crippen LogP) is 2.48. The number of guanidine groups is 1. The molecule has 1 aromatic carbocycles. The van der Waals surface area contributed by atoms with Crippen molar-refractivity contribution in [1.82, 2.24) is 25.4 Å². The van der Waals surface area contributed by atoms with Crippen molar-refractivity contribution in [3.05, 3.63) is 71.7 Å². The van der Waals surface area contributed by atoms with Gasteiger partial charge in [-0.05, 0) is 31.5 Å². The molecular weight excluding hydrogens is 483 g/mol. The number of nitrogens with zero attached hydrogens (tertiary/aromatic N) is 4. The average Bonchev–Trinajstić information content (AvgIpc) is 3.34. The summed E-state index contributed by atoms with van der Waals surface area (Å²) in [6, 6.07) is 13.5. The Balaban J connectivity index is 0.00000300. The van der Waals surface area contributed by atoms with Crippen LogP contribution in [0, 0.1) is 6.92 Å². The van der Waals surface area contributed by atoms with Gasteiger partial charge in [0, 0.05) is 7.05 Å². The maximum Gasteiger partial charge on any atom is 0.192 e. The van der Waals surface area contributed by atoms with Crippen molar-refractivity contribution in [2.45, 2.75) is 32.5 Å². The molecule has 156 valence electrons. The molecule has 29 heavy (non-hydrogen) atoms. The fourth-order valence-electron chi connectivity index (χ4n) is 2.62. The van der Waals surface area contributed by atoms with E-state index in [4.69, 9.17) is 4.42 Å². The van der Waals surface area contributed by atoms with Crippen LogP contribution in [-0.2, 0) is 25.7 Å². The Morgan fingerprint density at radius 3 is 2.55 bits per heavy atom. The quantitative estimate of drug-likeness (QED) is 0.257. The van der Waals surface area contributed by atoms with Crippen molar-refractivity contribution in [3.63, 3.8) is 0 Å². The highest BCUT2D eigenvalue weighted by Gasteiger charge is 2.26. The van der Waals surface area contributed by atoms with Crippen LogP contribution in [0.5, 0.6) is 0 Å². The molecule has 0 saturated heterocycles. The lowest BCUT2D eigenvalue weighted by Gasteiger charge is -2.23. The van der Waals surface area contributed by atoms with E-state index in [9.17, 15) is 5.11 Å². The number of aliphatic imine (C=N–C) groups is 1. The Labute approximate surface area is 187 Å². The van der Waals surface area contributed by atoms with E-state index in [1.54, 1.807) is 25.3 Å². The van der Waals surface area contributed by atoms with Gasteiger partial charge < -0.3 is 24.7 Å². The van der Waals surface area contributed by atoms with Gasteiger partial charge in [0.2, 0.25) is 0 Å². The zero-order valence-electron chi connectivity index (χ0n) is 16.8. The monoisotopic (exact) mass is 510 g/mol. The molecule has 0 fully saturated rings. The van der Waals surface area contributed by atoms with Gasteiger partial charge in [0.1, 0.15) is 17.2 Å². The normalized spacial score (nSPS) is 13.4. The van der Waals surface area contributed by atoms with Gasteiger partial charge in [-0.1, -0.05) is 30.3 Å². The molecule has 0 spiro atoms. The van der Waals surface area contributed by atoms with Crippen LogP contribution >= 0.6 is 24.0 Å². The number of nitrogens with one attached hydrogen (secondary N) is 2. The van der Waals surface area contributed by atoms with Gasteiger partial charge in [-0.2, -0.15) is 0 Å². The Morgan fingerprint density at radius 1 is 1.17 bits per heavy atom. The first kappa shape index (κ1) is 22.9. The smallest absolute Gasteiger partial charge is 0.192 e. The Kier molecular flexibility index (Phi) is 8.21. The van der Waals surface area contributed by atoms with Crippen molar-refractivity contribution < 1.29 is 9.52 Å². The summed E-state index contributed by atoms with van der Waals surface area (Å²) in [6.45, 7) is 4.80. The Bertz CT molecular complexity index is 906. The van der Waals surface area contributed by atoms with E-state index in [1.165, 1.54) is 0 Å². The van der Waals surface area contributed by atoms with Crippen molar-refractivity contribution in [2.75, 3.05) is 6.54 Å². The van der Waals surface area contributed by atoms with Crippen LogP contribution in [0.1, 0.15) is 29.9 Å². The third kappa shape index (κ3) is 6.29. The topological polar surface area (TPSA) is 100 Å². The number of aliphatic hydroxyl groups is 1. The zero-order chi connectivity index (χ0) is 20.0. The van der Waals surface area contributed by atoms with Crippen LogP contribution in [0.25, 0.3) is 0 Å². The first-order valence-electron chi connectivity index (χ1n) is 9.13. The summed E-state index contributed by atoms with van der Waals surface area (Å²) in [5.74, 6) is 2.69. The van der Waals surface area contributed by atoms with Crippen LogP contribution in [0.15, 0.2) is 58.1 Å². The van der Waals surface area contributed by atoms with Crippen LogP contribution in [-0.4, -0.2) is 32.4 Å². The molecular formula is C20H27IN6O2. The second kappa shape index (κ2) is 10.4. The van der Waals surface area contributed by atoms with E-state index in [2.05, 4.69) is 25.8 Å². The number of furan rings is 1. The van der Waals surface area contributed by atoms with Crippen molar-refractivity contribution in [2.24, 2.45) is 12.0 Å². The summed E-state index contributed by atoms with van der Waals surface area (Å²) in [5.41, 5.74) is -0.0732. The van der Waals surface area contributed by atoms with E-state index >= 15 is 0 Å². The molecule has 3 rings (SSSR count). The average molecular weight is 510 g/mol. The van der Waals surface area contributed by atoms with Crippen LogP contribution in [0.3, 0.4) is 0 Å². The minimum atomic E-state index is -1.17. The fraction of sp³-hybridized carbons (Fsp3) is 0.350. The lowest BCUT2D eigenvalue weighted by molar-refractivity contribution is 0.0385. The van der Waals surface area contributed by atoms with Gasteiger partial charge in [-0.25, -0.2) is 4.99 Å². The van der Waals surface area contributed by atoms with Crippen LogP contribution in [0.4, 0.5) is 0 Å². The van der Waals surface area contributed by atoms with E-state index in [1.807, 2.05) is 48.9 Å². The number of rotatable bonds is 7. The highest BCUT2D eigenvalue weighted by atomic mass is 127. The second-order valence-electron chi connectivity index (χ2n) is 6.83. The molecule has 0 aliphatic rings. The summed E-state index contributed by atoms with van der Waals surface area (Å²) in [7, 11) is 1.92. The molecule has 0 aliphatic heterocycles. The first-order valence-corrected chi connectivity index (χ1v) is 9.13. The number of hydrogen-bond donors (Lipinski definition) is 3. The SMILES string of the molecule is Cc1nnc(CNC(=NCc2ccccc2)NCC(C)(O)c2ccco2)n1C.I. The van der Waals surface area contributed by atoms with Gasteiger partial charge in [0.25, 0.3) is 0 Å². The zero-order valence-corrected chi connectivity index (χ0v) is 19.1. The number of aryl methyl sites for hydroxylation is 1. The highest BCUT2D eigenvalue weighted by molar-refractivity contribution is 14.0. The first-order chi connectivity index (χ1) is 13.5. The summed E-state index contributed by atoms with van der Waals surface area (Å²) < 4.78 is 7.25. The highest BCUT2D eigenvalue weighted by Crippen LogP contribution is 2.19. The molecule has 0 bridgehead atoms. The maximum absolute atomic E-state index is 10.7. The molecule has 0 radical (unpaired) electrons. The fourth-order valence-corrected chi connectivity index (χ4v) is 2.62. The Morgan fingerprint density at radius 2 is 1.93 bits per heavy atom. The Hall–Kier alpha value is -2.40. The lowest BCUT2D eigenvalue weighted by Crippen LogP contribution is -2.44. The summed E-state index contributed by atoms with van der Waals surface area (Å²) in [6.07, 6.45) is 1.54. The number of hydrogen-bond acceptors (Lipinski definition) is 5. The minimum absolute atomic E-state index is 0. The van der Waals surface area contributed by atoms with Crippen LogP contribution < -0.4 is 10.6 Å². The second-order valence-corrected chi connectivity index (χ2v) is 6.83. The van der Waals surface area contributed by atoms with Crippen LogP contribution in [0.2, 0.25) is 0 Å². The van der Waals surface area contributed by atoms with Gasteiger partial charge in [0.05, 0.1) is 25.9 Å². The summed E-state index contributed by atoms with van der Waals surface area (Å²) in [5, 5.41) is 25.3. The lowest BCUT2D eigenvalue weighted by atomic mass is 10.0. The molecule has 0 aliphatic carbocycles. The number of aromatic nitrogens is 3. The van der Waals surface area contributed by atoms with Crippen molar-refractivity contribution in [1.29, 1.82) is 0 Å². The van der Waals surface area contributed by atoms with E-state index in [0.29, 0.717) is 24.8 Å². The molecule has 2 aromatic heterocycles. The third-order valence-electron chi connectivity index (χ3n) is 4.51. The number of benzene rings is 1. The maximum atomic E-state index is 10.7. The third-order valence-corrected chi connectivity index (χ3v) is 4.51. The van der Waals surface area contributed by atoms with E-state index < -0.39 is 5.60 Å². The molecule has 8 nitrogen and oxygen atoms in total. The molecule has 0 saturated carbocycles. The number of halogens is 1. The molecule has 9 heteroatoms.